The quantitative estimate of drug-likeness (QED) is 0.223. The Hall–Kier alpha value is -1.65. The summed E-state index contributed by atoms with van der Waals surface area (Å²) in [5.74, 6) is 0.0296. The lowest BCUT2D eigenvalue weighted by Crippen LogP contribution is -2.45. The zero-order valence-corrected chi connectivity index (χ0v) is 18.8. The maximum atomic E-state index is 12.6. The van der Waals surface area contributed by atoms with Crippen molar-refractivity contribution >= 4 is 29.7 Å². The Morgan fingerprint density at radius 1 is 1.22 bits per heavy atom. The zero-order chi connectivity index (χ0) is 23.9. The maximum absolute atomic E-state index is 12.6. The molecular weight excluding hydrogens is 454 g/mol. The molecule has 0 aliphatic rings. The predicted molar refractivity (Wildman–Crippen MR) is 112 cm³/mol. The van der Waals surface area contributed by atoms with E-state index >= 15 is 0 Å². The Kier molecular flexibility index (Phi) is 9.54. The average molecular weight is 481 g/mol. The number of halogens is 3. The summed E-state index contributed by atoms with van der Waals surface area (Å²) in [6.07, 6.45) is -2.71. The summed E-state index contributed by atoms with van der Waals surface area (Å²) < 4.78 is 64.4. The number of ether oxygens (including phenoxy) is 2. The number of alkyl halides is 3. The molecule has 10 nitrogen and oxygen atoms in total. The highest BCUT2D eigenvalue weighted by Crippen LogP contribution is 2.24. The van der Waals surface area contributed by atoms with Gasteiger partial charge >= 0.3 is 13.3 Å². The van der Waals surface area contributed by atoms with Crippen LogP contribution >= 0.6 is 0 Å². The summed E-state index contributed by atoms with van der Waals surface area (Å²) in [6.45, 7) is 5.46. The van der Waals surface area contributed by atoms with Gasteiger partial charge in [-0.05, 0) is 33.6 Å². The molecule has 0 saturated carbocycles. The molecule has 32 heavy (non-hydrogen) atoms. The van der Waals surface area contributed by atoms with E-state index in [2.05, 4.69) is 19.8 Å². The van der Waals surface area contributed by atoms with Crippen LogP contribution in [0.25, 0.3) is 5.65 Å². The minimum atomic E-state index is -4.30. The van der Waals surface area contributed by atoms with Gasteiger partial charge in [-0.3, -0.25) is 0 Å². The van der Waals surface area contributed by atoms with Gasteiger partial charge in [0.25, 0.3) is 5.88 Å². The second-order valence-electron chi connectivity index (χ2n) is 7.97. The average Bonchev–Trinajstić information content (AvgIpc) is 3.15. The van der Waals surface area contributed by atoms with Gasteiger partial charge in [-0.2, -0.15) is 18.3 Å². The van der Waals surface area contributed by atoms with E-state index in [0.29, 0.717) is 0 Å². The summed E-state index contributed by atoms with van der Waals surface area (Å²) in [4.78, 5) is 7.95. The fraction of sp³-hybridized carbons (Fsp3) is 0.706. The second kappa shape index (κ2) is 11.5. The Bertz CT molecular complexity index is 852. The number of rotatable bonds is 12. The van der Waals surface area contributed by atoms with E-state index in [9.17, 15) is 27.8 Å². The molecule has 3 N–H and O–H groups in total. The number of hydrogen-bond donors (Lipinski definition) is 3. The van der Waals surface area contributed by atoms with Gasteiger partial charge in [-0.1, -0.05) is 0 Å². The number of aromatic nitrogens is 4. The molecule has 2 atom stereocenters. The lowest BCUT2D eigenvalue weighted by Gasteiger charge is -2.28. The third kappa shape index (κ3) is 8.71. The van der Waals surface area contributed by atoms with Crippen molar-refractivity contribution in [3.8, 4) is 5.88 Å². The maximum Gasteiger partial charge on any atom is 0.509 e. The van der Waals surface area contributed by atoms with Gasteiger partial charge in [0.05, 0.1) is 18.2 Å². The lowest BCUT2D eigenvalue weighted by atomic mass is 9.87. The number of nitrogens with one attached hydrogen (secondary N) is 1. The highest BCUT2D eigenvalue weighted by atomic mass is 32.2. The topological polar surface area (TPSA) is 137 Å². The van der Waals surface area contributed by atoms with Crippen LogP contribution < -0.4 is 15.1 Å². The summed E-state index contributed by atoms with van der Waals surface area (Å²) in [5, 5.41) is 22.5. The fourth-order valence-electron chi connectivity index (χ4n) is 2.49. The third-order valence-electron chi connectivity index (χ3n) is 4.20. The third-order valence-corrected chi connectivity index (χ3v) is 5.86. The Labute approximate surface area is 187 Å². The zero-order valence-electron chi connectivity index (χ0n) is 18.0. The Balaban J connectivity index is 1.82. The number of nitrogens with zero attached hydrogens (tertiary/aromatic N) is 4. The van der Waals surface area contributed by atoms with Gasteiger partial charge < -0.3 is 24.1 Å². The standard InChI is InChI=1S/C17H27BF3N5O5S/c1-16(2,3)32(29)25-12(4-6-17(19,20)21)5-7-30-8-9-31-15-14-22-11-23-26(14)10-13(24-15)18(27)28/h10-12,25,27-28H,4-9H2,1-3H3/t12-,32-/m0/s1. The molecular formula is C17H27BF3N5O5S. The minimum absolute atomic E-state index is 0.0296. The van der Waals surface area contributed by atoms with Crippen molar-refractivity contribution in [2.45, 2.75) is 57.0 Å². The molecule has 0 aliphatic heterocycles. The van der Waals surface area contributed by atoms with Gasteiger partial charge in [0, 0.05) is 30.6 Å². The Morgan fingerprint density at radius 3 is 2.56 bits per heavy atom. The molecule has 0 radical (unpaired) electrons. The summed E-state index contributed by atoms with van der Waals surface area (Å²) in [7, 11) is -1.82. The van der Waals surface area contributed by atoms with E-state index in [1.54, 1.807) is 20.8 Å². The van der Waals surface area contributed by atoms with E-state index in [0.717, 1.165) is 0 Å². The number of fused-ring (bicyclic) bond motifs is 1. The second-order valence-corrected chi connectivity index (χ2v) is 9.97. The fourth-order valence-corrected chi connectivity index (χ4v) is 3.39. The molecule has 0 fully saturated rings. The van der Waals surface area contributed by atoms with E-state index in [1.165, 1.54) is 17.0 Å². The highest BCUT2D eigenvalue weighted by molar-refractivity contribution is 7.90. The van der Waals surface area contributed by atoms with Crippen molar-refractivity contribution in [1.82, 2.24) is 24.3 Å². The van der Waals surface area contributed by atoms with Crippen LogP contribution in [-0.2, 0) is 16.1 Å². The van der Waals surface area contributed by atoms with Gasteiger partial charge in [0.2, 0.25) is 5.65 Å². The molecule has 180 valence electrons. The van der Waals surface area contributed by atoms with Crippen LogP contribution in [0.4, 0.5) is 13.2 Å². The number of hydrogen-bond acceptors (Lipinski definition) is 9. The van der Waals surface area contributed by atoms with Crippen LogP contribution in [0.1, 0.15) is 40.0 Å². The predicted octanol–water partition coefficient (Wildman–Crippen LogP) is 0.353. The monoisotopic (exact) mass is 481 g/mol. The molecule has 0 amide bonds. The van der Waals surface area contributed by atoms with Gasteiger partial charge in [-0.15, -0.1) is 4.72 Å². The molecule has 0 bridgehead atoms. The molecule has 0 aromatic carbocycles. The summed E-state index contributed by atoms with van der Waals surface area (Å²) in [6, 6.07) is -0.627. The molecule has 0 unspecified atom stereocenters. The molecule has 0 saturated heterocycles. The molecule has 0 aliphatic carbocycles. The van der Waals surface area contributed by atoms with Gasteiger partial charge in [0.15, 0.2) is 0 Å². The highest BCUT2D eigenvalue weighted by Gasteiger charge is 2.32. The molecule has 15 heteroatoms. The van der Waals surface area contributed by atoms with Crippen molar-refractivity contribution in [2.24, 2.45) is 0 Å². The van der Waals surface area contributed by atoms with Crippen LogP contribution in [0.2, 0.25) is 0 Å². The summed E-state index contributed by atoms with van der Waals surface area (Å²) >= 11 is -1.51. The Morgan fingerprint density at radius 2 is 1.94 bits per heavy atom. The first-order chi connectivity index (χ1) is 14.9. The minimum Gasteiger partial charge on any atom is -0.598 e. The van der Waals surface area contributed by atoms with E-state index in [4.69, 9.17) is 9.47 Å². The smallest absolute Gasteiger partial charge is 0.509 e. The molecule has 2 aromatic heterocycles. The van der Waals surface area contributed by atoms with Crippen molar-refractivity contribution < 1.29 is 37.2 Å². The molecule has 2 aromatic rings. The van der Waals surface area contributed by atoms with E-state index in [-0.39, 0.29) is 49.8 Å². The normalized spacial score (nSPS) is 14.5. The lowest BCUT2D eigenvalue weighted by molar-refractivity contribution is -0.136. The molecule has 2 heterocycles. The van der Waals surface area contributed by atoms with Crippen LogP contribution in [0.5, 0.6) is 5.88 Å². The van der Waals surface area contributed by atoms with Gasteiger partial charge in [-0.25, -0.2) is 14.5 Å². The molecule has 0 spiro atoms. The first-order valence-corrected chi connectivity index (χ1v) is 11.0. The van der Waals surface area contributed by atoms with Crippen molar-refractivity contribution in [3.05, 3.63) is 12.5 Å². The van der Waals surface area contributed by atoms with Crippen molar-refractivity contribution in [3.63, 3.8) is 0 Å². The van der Waals surface area contributed by atoms with Crippen LogP contribution in [0, 0.1) is 0 Å². The van der Waals surface area contributed by atoms with E-state index in [1.807, 2.05) is 0 Å². The molecule has 2 rings (SSSR count). The van der Waals surface area contributed by atoms with Crippen LogP contribution in [0.3, 0.4) is 0 Å². The van der Waals surface area contributed by atoms with Crippen molar-refractivity contribution in [2.75, 3.05) is 19.8 Å². The summed E-state index contributed by atoms with van der Waals surface area (Å²) in [5.41, 5.74) is 0.194. The van der Waals surface area contributed by atoms with Gasteiger partial charge in [0.1, 0.15) is 17.7 Å². The largest absolute Gasteiger partial charge is 0.598 e. The van der Waals surface area contributed by atoms with Crippen molar-refractivity contribution in [1.29, 1.82) is 0 Å². The first kappa shape index (κ1) is 26.6. The van der Waals surface area contributed by atoms with Crippen LogP contribution in [0.15, 0.2) is 12.5 Å². The SMILES string of the molecule is CC(C)(C)[S@+]([O-])N[C@H](CCOCCOc1nc(B(O)O)cn2ncnc12)CCC(F)(F)F. The van der Waals surface area contributed by atoms with E-state index < -0.39 is 41.9 Å². The first-order valence-electron chi connectivity index (χ1n) is 9.88. The van der Waals surface area contributed by atoms with Crippen LogP contribution in [-0.4, -0.2) is 78.1 Å².